The fraction of sp³-hybridized carbons (Fsp3) is 0.273. The van der Waals surface area contributed by atoms with Crippen LogP contribution in [-0.2, 0) is 0 Å². The van der Waals surface area contributed by atoms with E-state index in [4.69, 9.17) is 0 Å². The highest BCUT2D eigenvalue weighted by atomic mass is 19.2. The Morgan fingerprint density at radius 1 is 1.27 bits per heavy atom. The molecule has 4 heteroatoms. The van der Waals surface area contributed by atoms with Gasteiger partial charge in [0.2, 0.25) is 0 Å². The summed E-state index contributed by atoms with van der Waals surface area (Å²) in [6.07, 6.45) is 0.748. The van der Waals surface area contributed by atoms with Crippen LogP contribution in [0.4, 0.5) is 18.9 Å². The van der Waals surface area contributed by atoms with E-state index in [1.165, 1.54) is 0 Å². The van der Waals surface area contributed by atoms with Gasteiger partial charge in [-0.15, -0.1) is 0 Å². The Labute approximate surface area is 86.6 Å². The van der Waals surface area contributed by atoms with Gasteiger partial charge in [0.05, 0.1) is 5.69 Å². The SMILES string of the molecule is C=C(CC)CNc1ccc(F)c(F)c1F. The molecule has 0 aliphatic heterocycles. The highest BCUT2D eigenvalue weighted by molar-refractivity contribution is 5.46. The molecule has 1 aromatic carbocycles. The maximum Gasteiger partial charge on any atom is 0.196 e. The summed E-state index contributed by atoms with van der Waals surface area (Å²) in [4.78, 5) is 0. The maximum atomic E-state index is 13.1. The van der Waals surface area contributed by atoms with E-state index in [0.717, 1.165) is 24.1 Å². The van der Waals surface area contributed by atoms with Gasteiger partial charge in [-0.25, -0.2) is 13.2 Å². The minimum absolute atomic E-state index is 0.0523. The fourth-order valence-corrected chi connectivity index (χ4v) is 1.01. The minimum atomic E-state index is -1.46. The summed E-state index contributed by atoms with van der Waals surface area (Å²) in [6.45, 7) is 5.96. The highest BCUT2D eigenvalue weighted by Gasteiger charge is 2.12. The van der Waals surface area contributed by atoms with E-state index in [1.807, 2.05) is 6.92 Å². The van der Waals surface area contributed by atoms with Crippen LogP contribution in [-0.4, -0.2) is 6.54 Å². The average molecular weight is 215 g/mol. The molecule has 0 bridgehead atoms. The van der Waals surface area contributed by atoms with Crippen LogP contribution in [0.2, 0.25) is 0 Å². The fourth-order valence-electron chi connectivity index (χ4n) is 1.01. The van der Waals surface area contributed by atoms with Crippen LogP contribution in [0.15, 0.2) is 24.3 Å². The lowest BCUT2D eigenvalue weighted by atomic mass is 10.2. The average Bonchev–Trinajstić information content (AvgIpc) is 2.24. The van der Waals surface area contributed by atoms with Crippen LogP contribution in [0.1, 0.15) is 13.3 Å². The molecular formula is C11H12F3N. The third kappa shape index (κ3) is 2.75. The Hall–Kier alpha value is -1.45. The topological polar surface area (TPSA) is 12.0 Å². The van der Waals surface area contributed by atoms with Crippen molar-refractivity contribution in [3.05, 3.63) is 41.7 Å². The molecule has 15 heavy (non-hydrogen) atoms. The normalized spacial score (nSPS) is 10.1. The second-order valence-electron chi connectivity index (χ2n) is 3.18. The molecule has 0 unspecified atom stereocenters. The van der Waals surface area contributed by atoms with Crippen LogP contribution in [0.5, 0.6) is 0 Å². The van der Waals surface area contributed by atoms with E-state index in [0.29, 0.717) is 6.54 Å². The summed E-state index contributed by atoms with van der Waals surface area (Å²) in [5, 5.41) is 2.65. The largest absolute Gasteiger partial charge is 0.379 e. The first kappa shape index (κ1) is 11.6. The number of halogens is 3. The predicted octanol–water partition coefficient (Wildman–Crippen LogP) is 3.48. The first-order valence-corrected chi connectivity index (χ1v) is 4.60. The maximum absolute atomic E-state index is 13.1. The molecule has 1 N–H and O–H groups in total. The molecule has 0 heterocycles. The van der Waals surface area contributed by atoms with Gasteiger partial charge in [-0.3, -0.25) is 0 Å². The quantitative estimate of drug-likeness (QED) is 0.599. The molecule has 82 valence electrons. The standard InChI is InChI=1S/C11H12F3N/c1-3-7(2)6-15-9-5-4-8(12)10(13)11(9)14/h4-5,15H,2-3,6H2,1H3. The zero-order chi connectivity index (χ0) is 11.4. The molecule has 0 atom stereocenters. The summed E-state index contributed by atoms with van der Waals surface area (Å²) in [7, 11) is 0. The third-order valence-electron chi connectivity index (χ3n) is 2.06. The van der Waals surface area contributed by atoms with Crippen molar-refractivity contribution in [2.45, 2.75) is 13.3 Å². The van der Waals surface area contributed by atoms with Gasteiger partial charge in [0.15, 0.2) is 17.5 Å². The third-order valence-corrected chi connectivity index (χ3v) is 2.06. The van der Waals surface area contributed by atoms with Gasteiger partial charge in [0.25, 0.3) is 0 Å². The van der Waals surface area contributed by atoms with Crippen LogP contribution in [0, 0.1) is 17.5 Å². The lowest BCUT2D eigenvalue weighted by Gasteiger charge is -2.08. The van der Waals surface area contributed by atoms with Crippen LogP contribution >= 0.6 is 0 Å². The van der Waals surface area contributed by atoms with Gasteiger partial charge in [-0.1, -0.05) is 19.1 Å². The van der Waals surface area contributed by atoms with E-state index < -0.39 is 17.5 Å². The molecule has 0 aromatic heterocycles. The van der Waals surface area contributed by atoms with Crippen LogP contribution < -0.4 is 5.32 Å². The van der Waals surface area contributed by atoms with E-state index in [2.05, 4.69) is 11.9 Å². The lowest BCUT2D eigenvalue weighted by Crippen LogP contribution is -2.06. The molecule has 0 saturated heterocycles. The second-order valence-corrected chi connectivity index (χ2v) is 3.18. The summed E-state index contributed by atoms with van der Waals surface area (Å²) in [6, 6.07) is 2.05. The number of nitrogens with one attached hydrogen (secondary N) is 1. The summed E-state index contributed by atoms with van der Waals surface area (Å²) in [5.74, 6) is -3.84. The van der Waals surface area contributed by atoms with Crippen molar-refractivity contribution in [1.29, 1.82) is 0 Å². The molecule has 0 aliphatic carbocycles. The number of rotatable bonds is 4. The molecule has 0 radical (unpaired) electrons. The Morgan fingerprint density at radius 3 is 2.53 bits per heavy atom. The molecule has 1 nitrogen and oxygen atoms in total. The molecule has 0 spiro atoms. The molecule has 0 saturated carbocycles. The molecule has 0 fully saturated rings. The van der Waals surface area contributed by atoms with Crippen molar-refractivity contribution in [3.8, 4) is 0 Å². The summed E-state index contributed by atoms with van der Waals surface area (Å²) < 4.78 is 38.5. The molecule has 1 aromatic rings. The molecule has 1 rings (SSSR count). The molecular weight excluding hydrogens is 203 g/mol. The van der Waals surface area contributed by atoms with Crippen molar-refractivity contribution < 1.29 is 13.2 Å². The first-order chi connectivity index (χ1) is 7.06. The zero-order valence-corrected chi connectivity index (χ0v) is 8.41. The van der Waals surface area contributed by atoms with Crippen molar-refractivity contribution >= 4 is 5.69 Å². The van der Waals surface area contributed by atoms with Gasteiger partial charge >= 0.3 is 0 Å². The monoisotopic (exact) mass is 215 g/mol. The first-order valence-electron chi connectivity index (χ1n) is 4.60. The van der Waals surface area contributed by atoms with Gasteiger partial charge in [-0.05, 0) is 18.6 Å². The number of hydrogen-bond acceptors (Lipinski definition) is 1. The van der Waals surface area contributed by atoms with Crippen LogP contribution in [0.25, 0.3) is 0 Å². The van der Waals surface area contributed by atoms with Gasteiger partial charge in [-0.2, -0.15) is 0 Å². The van der Waals surface area contributed by atoms with Crippen molar-refractivity contribution in [2.75, 3.05) is 11.9 Å². The van der Waals surface area contributed by atoms with E-state index in [-0.39, 0.29) is 5.69 Å². The molecule has 0 amide bonds. The van der Waals surface area contributed by atoms with Gasteiger partial charge in [0, 0.05) is 6.54 Å². The zero-order valence-electron chi connectivity index (χ0n) is 8.41. The number of benzene rings is 1. The minimum Gasteiger partial charge on any atom is -0.379 e. The van der Waals surface area contributed by atoms with Gasteiger partial charge in [0.1, 0.15) is 0 Å². The highest BCUT2D eigenvalue weighted by Crippen LogP contribution is 2.19. The van der Waals surface area contributed by atoms with Crippen molar-refractivity contribution in [3.63, 3.8) is 0 Å². The van der Waals surface area contributed by atoms with E-state index >= 15 is 0 Å². The van der Waals surface area contributed by atoms with E-state index in [1.54, 1.807) is 0 Å². The molecule has 0 aliphatic rings. The Balaban J connectivity index is 2.78. The smallest absolute Gasteiger partial charge is 0.196 e. The predicted molar refractivity (Wildman–Crippen MR) is 54.2 cm³/mol. The van der Waals surface area contributed by atoms with Crippen molar-refractivity contribution in [1.82, 2.24) is 0 Å². The Kier molecular flexibility index (Phi) is 3.77. The summed E-state index contributed by atoms with van der Waals surface area (Å²) >= 11 is 0. The number of hydrogen-bond donors (Lipinski definition) is 1. The van der Waals surface area contributed by atoms with Gasteiger partial charge < -0.3 is 5.32 Å². The van der Waals surface area contributed by atoms with E-state index in [9.17, 15) is 13.2 Å². The Bertz CT molecular complexity index is 374. The lowest BCUT2D eigenvalue weighted by molar-refractivity contribution is 0.449. The number of anilines is 1. The van der Waals surface area contributed by atoms with Crippen LogP contribution in [0.3, 0.4) is 0 Å². The Morgan fingerprint density at radius 2 is 1.93 bits per heavy atom. The summed E-state index contributed by atoms with van der Waals surface area (Å²) in [5.41, 5.74) is 0.808. The second kappa shape index (κ2) is 4.87. The van der Waals surface area contributed by atoms with Crippen molar-refractivity contribution in [2.24, 2.45) is 0 Å².